The zero-order chi connectivity index (χ0) is 21.3. The molecule has 1 aromatic carbocycles. The van der Waals surface area contributed by atoms with E-state index in [2.05, 4.69) is 4.98 Å². The standard InChI is InChI=1S/C18H25BN2O7/c1-17(2,3)27-15(22)21(16(23)28-18(4,5)6)10-14-20-12-9-11(19(24)25)7-8-13(12)26-14/h7-9,24-25H,10H2,1-6H3. The van der Waals surface area contributed by atoms with Gasteiger partial charge in [-0.25, -0.2) is 19.5 Å². The first-order valence-electron chi connectivity index (χ1n) is 8.74. The fourth-order valence-corrected chi connectivity index (χ4v) is 2.19. The van der Waals surface area contributed by atoms with Crippen molar-refractivity contribution in [1.29, 1.82) is 0 Å². The monoisotopic (exact) mass is 392 g/mol. The van der Waals surface area contributed by atoms with Gasteiger partial charge in [-0.2, -0.15) is 0 Å². The lowest BCUT2D eigenvalue weighted by molar-refractivity contribution is -0.00168. The van der Waals surface area contributed by atoms with E-state index < -0.39 is 30.5 Å². The lowest BCUT2D eigenvalue weighted by Gasteiger charge is -2.27. The van der Waals surface area contributed by atoms with Gasteiger partial charge in [0, 0.05) is 0 Å². The van der Waals surface area contributed by atoms with Gasteiger partial charge in [-0.05, 0) is 59.1 Å². The highest BCUT2D eigenvalue weighted by atomic mass is 16.6. The lowest BCUT2D eigenvalue weighted by atomic mass is 9.80. The third kappa shape index (κ3) is 5.96. The minimum Gasteiger partial charge on any atom is -0.443 e. The van der Waals surface area contributed by atoms with Crippen LogP contribution < -0.4 is 5.46 Å². The highest BCUT2D eigenvalue weighted by Crippen LogP contribution is 2.19. The number of ether oxygens (including phenoxy) is 2. The summed E-state index contributed by atoms with van der Waals surface area (Å²) in [6.07, 6.45) is -1.79. The van der Waals surface area contributed by atoms with Gasteiger partial charge in [0.25, 0.3) is 0 Å². The van der Waals surface area contributed by atoms with Crippen molar-refractivity contribution in [2.45, 2.75) is 59.3 Å². The maximum absolute atomic E-state index is 12.5. The third-order valence-corrected chi connectivity index (χ3v) is 3.28. The van der Waals surface area contributed by atoms with Gasteiger partial charge in [-0.3, -0.25) is 0 Å². The first-order chi connectivity index (χ1) is 12.7. The minimum absolute atomic E-state index is 0.0660. The molecule has 0 aliphatic carbocycles. The Balaban J connectivity index is 2.31. The highest BCUT2D eigenvalue weighted by molar-refractivity contribution is 6.58. The second-order valence-corrected chi connectivity index (χ2v) is 8.26. The van der Waals surface area contributed by atoms with E-state index in [9.17, 15) is 19.6 Å². The molecule has 0 bridgehead atoms. The number of nitrogens with zero attached hydrogens (tertiary/aromatic N) is 2. The number of imide groups is 1. The second-order valence-electron chi connectivity index (χ2n) is 8.26. The molecule has 0 aliphatic rings. The zero-order valence-electron chi connectivity index (χ0n) is 16.8. The molecule has 0 saturated heterocycles. The first kappa shape index (κ1) is 21.7. The number of carbonyl (C=O) groups is 2. The van der Waals surface area contributed by atoms with Crippen molar-refractivity contribution < 1.29 is 33.5 Å². The topological polar surface area (TPSA) is 122 Å². The number of hydrogen-bond acceptors (Lipinski definition) is 8. The zero-order valence-corrected chi connectivity index (χ0v) is 16.8. The highest BCUT2D eigenvalue weighted by Gasteiger charge is 2.32. The van der Waals surface area contributed by atoms with Crippen LogP contribution in [0.25, 0.3) is 11.1 Å². The SMILES string of the molecule is CC(C)(C)OC(=O)N(Cc1nc2cc(B(O)O)ccc2o1)C(=O)OC(C)(C)C. The summed E-state index contributed by atoms with van der Waals surface area (Å²) in [6.45, 7) is 9.77. The fraction of sp³-hybridized carbons (Fsp3) is 0.500. The van der Waals surface area contributed by atoms with Crippen LogP contribution in [0.15, 0.2) is 22.6 Å². The predicted octanol–water partition coefficient (Wildman–Crippen LogP) is 2.18. The van der Waals surface area contributed by atoms with Crippen LogP contribution >= 0.6 is 0 Å². The van der Waals surface area contributed by atoms with Crippen LogP contribution in [-0.4, -0.2) is 50.4 Å². The summed E-state index contributed by atoms with van der Waals surface area (Å²) in [5.74, 6) is 0.0660. The predicted molar refractivity (Wildman–Crippen MR) is 102 cm³/mol. The van der Waals surface area contributed by atoms with Gasteiger partial charge >= 0.3 is 19.3 Å². The number of amides is 2. The summed E-state index contributed by atoms with van der Waals surface area (Å²) < 4.78 is 16.1. The molecular weight excluding hydrogens is 367 g/mol. The largest absolute Gasteiger partial charge is 0.488 e. The number of fused-ring (bicyclic) bond motifs is 1. The van der Waals surface area contributed by atoms with Gasteiger partial charge in [-0.1, -0.05) is 6.07 Å². The molecule has 152 valence electrons. The average molecular weight is 392 g/mol. The Morgan fingerprint density at radius 3 is 2.07 bits per heavy atom. The average Bonchev–Trinajstić information content (AvgIpc) is 2.90. The molecule has 0 unspecified atom stereocenters. The van der Waals surface area contributed by atoms with Crippen molar-refractivity contribution in [2.24, 2.45) is 0 Å². The number of aromatic nitrogens is 1. The van der Waals surface area contributed by atoms with Crippen molar-refractivity contribution >= 4 is 35.9 Å². The normalized spacial score (nSPS) is 12.0. The summed E-state index contributed by atoms with van der Waals surface area (Å²) in [5, 5.41) is 18.5. The Kier molecular flexibility index (Phi) is 6.05. The molecule has 10 heteroatoms. The minimum atomic E-state index is -1.65. The molecule has 0 atom stereocenters. The van der Waals surface area contributed by atoms with Gasteiger partial charge in [0.2, 0.25) is 5.89 Å². The number of rotatable bonds is 3. The molecule has 1 aromatic heterocycles. The summed E-state index contributed by atoms with van der Waals surface area (Å²) >= 11 is 0. The Morgan fingerprint density at radius 1 is 1.07 bits per heavy atom. The van der Waals surface area contributed by atoms with Crippen LogP contribution in [0.4, 0.5) is 9.59 Å². The van der Waals surface area contributed by atoms with Gasteiger partial charge in [0.1, 0.15) is 23.3 Å². The van der Waals surface area contributed by atoms with E-state index in [1.54, 1.807) is 41.5 Å². The van der Waals surface area contributed by atoms with E-state index in [0.717, 1.165) is 4.90 Å². The van der Waals surface area contributed by atoms with Crippen molar-refractivity contribution in [1.82, 2.24) is 9.88 Å². The molecule has 2 N–H and O–H groups in total. The molecule has 0 aliphatic heterocycles. The van der Waals surface area contributed by atoms with Crippen LogP contribution in [0.5, 0.6) is 0 Å². The van der Waals surface area contributed by atoms with E-state index in [1.807, 2.05) is 0 Å². The summed E-state index contributed by atoms with van der Waals surface area (Å²) in [7, 11) is -1.65. The summed E-state index contributed by atoms with van der Waals surface area (Å²) in [5.41, 5.74) is -0.666. The van der Waals surface area contributed by atoms with Crippen LogP contribution in [0.1, 0.15) is 47.4 Å². The fourth-order valence-electron chi connectivity index (χ4n) is 2.19. The number of benzene rings is 1. The molecule has 1 heterocycles. The van der Waals surface area contributed by atoms with E-state index in [4.69, 9.17) is 13.9 Å². The van der Waals surface area contributed by atoms with Crippen molar-refractivity contribution in [3.63, 3.8) is 0 Å². The molecule has 0 spiro atoms. The quantitative estimate of drug-likeness (QED) is 0.763. The van der Waals surface area contributed by atoms with Crippen LogP contribution in [0, 0.1) is 0 Å². The summed E-state index contributed by atoms with van der Waals surface area (Å²) in [4.78, 5) is 30.0. The van der Waals surface area contributed by atoms with Crippen molar-refractivity contribution in [3.05, 3.63) is 24.1 Å². The molecule has 2 aromatic rings. The van der Waals surface area contributed by atoms with E-state index in [0.29, 0.717) is 11.1 Å². The van der Waals surface area contributed by atoms with Gasteiger partial charge in [-0.15, -0.1) is 0 Å². The van der Waals surface area contributed by atoms with Crippen molar-refractivity contribution in [3.8, 4) is 0 Å². The van der Waals surface area contributed by atoms with Crippen LogP contribution in [0.2, 0.25) is 0 Å². The Hall–Kier alpha value is -2.59. The van der Waals surface area contributed by atoms with Gasteiger partial charge in [0.15, 0.2) is 5.58 Å². The molecule has 0 saturated carbocycles. The van der Waals surface area contributed by atoms with Gasteiger partial charge < -0.3 is 23.9 Å². The van der Waals surface area contributed by atoms with E-state index >= 15 is 0 Å². The molecule has 9 nitrogen and oxygen atoms in total. The van der Waals surface area contributed by atoms with Crippen LogP contribution in [-0.2, 0) is 16.0 Å². The first-order valence-corrected chi connectivity index (χ1v) is 8.74. The lowest BCUT2D eigenvalue weighted by Crippen LogP contribution is -2.43. The van der Waals surface area contributed by atoms with E-state index in [1.165, 1.54) is 18.2 Å². The Morgan fingerprint density at radius 2 is 1.61 bits per heavy atom. The Bertz CT molecular complexity index is 837. The molecule has 28 heavy (non-hydrogen) atoms. The molecule has 0 fully saturated rings. The Labute approximate surface area is 163 Å². The number of hydrogen-bond donors (Lipinski definition) is 2. The maximum Gasteiger partial charge on any atom is 0.488 e. The number of oxazole rings is 1. The second kappa shape index (κ2) is 7.80. The summed E-state index contributed by atoms with van der Waals surface area (Å²) in [6, 6.07) is 4.44. The van der Waals surface area contributed by atoms with E-state index in [-0.39, 0.29) is 17.9 Å². The number of carbonyl (C=O) groups excluding carboxylic acids is 2. The molecule has 2 rings (SSSR count). The third-order valence-electron chi connectivity index (χ3n) is 3.28. The maximum atomic E-state index is 12.5. The van der Waals surface area contributed by atoms with Crippen LogP contribution in [0.3, 0.4) is 0 Å². The van der Waals surface area contributed by atoms with Gasteiger partial charge in [0.05, 0.1) is 0 Å². The van der Waals surface area contributed by atoms with Crippen molar-refractivity contribution in [2.75, 3.05) is 0 Å². The molecule has 2 amide bonds. The molecule has 0 radical (unpaired) electrons. The molecular formula is C18H25BN2O7. The smallest absolute Gasteiger partial charge is 0.443 e.